The SMILES string of the molecule is CCN(C(=O)c1cccc(-n2ccnc2)n1)[C@@H](C)c1ccc(F)cc1. The molecule has 2 aromatic heterocycles. The van der Waals surface area contributed by atoms with Crippen LogP contribution in [0.5, 0.6) is 0 Å². The van der Waals surface area contributed by atoms with E-state index in [0.29, 0.717) is 18.1 Å². The van der Waals surface area contributed by atoms with Gasteiger partial charge in [-0.1, -0.05) is 18.2 Å². The Morgan fingerprint density at radius 3 is 2.64 bits per heavy atom. The van der Waals surface area contributed by atoms with Crippen LogP contribution in [0.25, 0.3) is 5.82 Å². The predicted octanol–water partition coefficient (Wildman–Crippen LogP) is 3.63. The quantitative estimate of drug-likeness (QED) is 0.714. The minimum atomic E-state index is -0.292. The van der Waals surface area contributed by atoms with Crippen LogP contribution in [-0.4, -0.2) is 31.9 Å². The highest BCUT2D eigenvalue weighted by Crippen LogP contribution is 2.22. The van der Waals surface area contributed by atoms with Gasteiger partial charge in [0.1, 0.15) is 23.7 Å². The summed E-state index contributed by atoms with van der Waals surface area (Å²) in [6.07, 6.45) is 5.07. The molecule has 0 saturated carbocycles. The first-order chi connectivity index (χ1) is 12.1. The van der Waals surface area contributed by atoms with E-state index < -0.39 is 0 Å². The highest BCUT2D eigenvalue weighted by molar-refractivity contribution is 5.92. The first-order valence-electron chi connectivity index (χ1n) is 8.12. The third-order valence-electron chi connectivity index (χ3n) is 4.14. The van der Waals surface area contributed by atoms with Crippen molar-refractivity contribution in [1.29, 1.82) is 0 Å². The zero-order valence-electron chi connectivity index (χ0n) is 14.1. The molecule has 0 radical (unpaired) electrons. The monoisotopic (exact) mass is 338 g/mol. The number of carbonyl (C=O) groups is 1. The first-order valence-corrected chi connectivity index (χ1v) is 8.12. The van der Waals surface area contributed by atoms with Gasteiger partial charge in [0.05, 0.1) is 6.04 Å². The molecule has 3 rings (SSSR count). The summed E-state index contributed by atoms with van der Waals surface area (Å²) in [5.41, 5.74) is 1.24. The Bertz CT molecular complexity index is 846. The van der Waals surface area contributed by atoms with Gasteiger partial charge in [-0.25, -0.2) is 14.4 Å². The summed E-state index contributed by atoms with van der Waals surface area (Å²) in [6, 6.07) is 11.3. The van der Waals surface area contributed by atoms with Gasteiger partial charge >= 0.3 is 0 Å². The van der Waals surface area contributed by atoms with Crippen LogP contribution in [-0.2, 0) is 0 Å². The van der Waals surface area contributed by atoms with E-state index in [1.807, 2.05) is 19.9 Å². The lowest BCUT2D eigenvalue weighted by Crippen LogP contribution is -2.34. The van der Waals surface area contributed by atoms with E-state index in [0.717, 1.165) is 5.56 Å². The number of aromatic nitrogens is 3. The fourth-order valence-corrected chi connectivity index (χ4v) is 2.74. The number of rotatable bonds is 5. The molecule has 2 heterocycles. The van der Waals surface area contributed by atoms with Crippen LogP contribution in [0.4, 0.5) is 4.39 Å². The molecular weight excluding hydrogens is 319 g/mol. The van der Waals surface area contributed by atoms with Crippen LogP contribution < -0.4 is 0 Å². The number of halogens is 1. The average molecular weight is 338 g/mol. The third kappa shape index (κ3) is 3.57. The van der Waals surface area contributed by atoms with Crippen molar-refractivity contribution in [2.45, 2.75) is 19.9 Å². The van der Waals surface area contributed by atoms with E-state index in [4.69, 9.17) is 0 Å². The summed E-state index contributed by atoms with van der Waals surface area (Å²) in [5.74, 6) is 0.176. The smallest absolute Gasteiger partial charge is 0.273 e. The van der Waals surface area contributed by atoms with E-state index in [2.05, 4.69) is 9.97 Å². The van der Waals surface area contributed by atoms with Gasteiger partial charge in [-0.3, -0.25) is 9.36 Å². The molecule has 0 saturated heterocycles. The number of benzene rings is 1. The maximum absolute atomic E-state index is 13.1. The molecule has 128 valence electrons. The zero-order valence-corrected chi connectivity index (χ0v) is 14.1. The van der Waals surface area contributed by atoms with Crippen molar-refractivity contribution in [3.05, 3.63) is 78.3 Å². The van der Waals surface area contributed by atoms with E-state index in [9.17, 15) is 9.18 Å². The Morgan fingerprint density at radius 1 is 1.24 bits per heavy atom. The molecule has 0 aliphatic heterocycles. The summed E-state index contributed by atoms with van der Waals surface area (Å²) in [5, 5.41) is 0. The van der Waals surface area contributed by atoms with E-state index in [-0.39, 0.29) is 17.8 Å². The molecule has 1 aromatic carbocycles. The standard InChI is InChI=1S/C19H19FN4O/c1-3-24(14(2)15-7-9-16(20)10-8-15)19(25)17-5-4-6-18(22-17)23-12-11-21-13-23/h4-14H,3H2,1-2H3/t14-/m0/s1. The minimum absolute atomic E-state index is 0.165. The van der Waals surface area contributed by atoms with Crippen LogP contribution in [0, 0.1) is 5.82 Å². The van der Waals surface area contributed by atoms with E-state index in [1.165, 1.54) is 12.1 Å². The average Bonchev–Trinajstić information content (AvgIpc) is 3.17. The molecule has 0 aliphatic carbocycles. The number of pyridine rings is 1. The molecule has 0 spiro atoms. The van der Waals surface area contributed by atoms with Gasteiger partial charge in [0.25, 0.3) is 5.91 Å². The van der Waals surface area contributed by atoms with Crippen molar-refractivity contribution in [2.24, 2.45) is 0 Å². The van der Waals surface area contributed by atoms with E-state index in [1.54, 1.807) is 52.5 Å². The van der Waals surface area contributed by atoms with Gasteiger partial charge < -0.3 is 4.90 Å². The van der Waals surface area contributed by atoms with Crippen LogP contribution >= 0.6 is 0 Å². The highest BCUT2D eigenvalue weighted by Gasteiger charge is 2.22. The summed E-state index contributed by atoms with van der Waals surface area (Å²) >= 11 is 0. The lowest BCUT2D eigenvalue weighted by atomic mass is 10.1. The molecule has 25 heavy (non-hydrogen) atoms. The zero-order chi connectivity index (χ0) is 17.8. The fourth-order valence-electron chi connectivity index (χ4n) is 2.74. The number of hydrogen-bond acceptors (Lipinski definition) is 3. The van der Waals surface area contributed by atoms with Crippen molar-refractivity contribution < 1.29 is 9.18 Å². The number of hydrogen-bond donors (Lipinski definition) is 0. The number of nitrogens with zero attached hydrogens (tertiary/aromatic N) is 4. The second kappa shape index (κ2) is 7.25. The van der Waals surface area contributed by atoms with Crippen molar-refractivity contribution in [2.75, 3.05) is 6.54 Å². The van der Waals surface area contributed by atoms with Crippen LogP contribution in [0.1, 0.15) is 35.9 Å². The molecule has 0 N–H and O–H groups in total. The molecule has 1 amide bonds. The van der Waals surface area contributed by atoms with E-state index >= 15 is 0 Å². The largest absolute Gasteiger partial charge is 0.331 e. The molecule has 3 aromatic rings. The molecule has 6 heteroatoms. The molecule has 5 nitrogen and oxygen atoms in total. The number of imidazole rings is 1. The summed E-state index contributed by atoms with van der Waals surface area (Å²) in [4.78, 5) is 23.1. The molecule has 0 bridgehead atoms. The Hall–Kier alpha value is -3.02. The highest BCUT2D eigenvalue weighted by atomic mass is 19.1. The van der Waals surface area contributed by atoms with Gasteiger partial charge in [-0.15, -0.1) is 0 Å². The third-order valence-corrected chi connectivity index (χ3v) is 4.14. The van der Waals surface area contributed by atoms with Gasteiger partial charge in [-0.2, -0.15) is 0 Å². The summed E-state index contributed by atoms with van der Waals surface area (Å²) in [7, 11) is 0. The van der Waals surface area contributed by atoms with Crippen molar-refractivity contribution >= 4 is 5.91 Å². The predicted molar refractivity (Wildman–Crippen MR) is 92.9 cm³/mol. The second-order valence-corrected chi connectivity index (χ2v) is 5.67. The Labute approximate surface area is 145 Å². The molecule has 1 atom stereocenters. The van der Waals surface area contributed by atoms with Gasteiger partial charge in [0.15, 0.2) is 0 Å². The maximum Gasteiger partial charge on any atom is 0.273 e. The fraction of sp³-hybridized carbons (Fsp3) is 0.211. The van der Waals surface area contributed by atoms with Crippen LogP contribution in [0.2, 0.25) is 0 Å². The second-order valence-electron chi connectivity index (χ2n) is 5.67. The summed E-state index contributed by atoms with van der Waals surface area (Å²) in [6.45, 7) is 4.36. The van der Waals surface area contributed by atoms with Crippen LogP contribution in [0.15, 0.2) is 61.2 Å². The number of amides is 1. The number of carbonyl (C=O) groups excluding carboxylic acids is 1. The molecule has 0 aliphatic rings. The lowest BCUT2D eigenvalue weighted by molar-refractivity contribution is 0.0696. The first kappa shape index (κ1) is 16.8. The van der Waals surface area contributed by atoms with Gasteiger partial charge in [0.2, 0.25) is 0 Å². The molecule has 0 fully saturated rings. The lowest BCUT2D eigenvalue weighted by Gasteiger charge is -2.28. The normalized spacial score (nSPS) is 12.0. The van der Waals surface area contributed by atoms with Gasteiger partial charge in [-0.05, 0) is 43.7 Å². The topological polar surface area (TPSA) is 51.0 Å². The van der Waals surface area contributed by atoms with Crippen molar-refractivity contribution in [1.82, 2.24) is 19.4 Å². The molecule has 0 unspecified atom stereocenters. The van der Waals surface area contributed by atoms with Crippen LogP contribution in [0.3, 0.4) is 0 Å². The summed E-state index contributed by atoms with van der Waals surface area (Å²) < 4.78 is 14.9. The maximum atomic E-state index is 13.1. The van der Waals surface area contributed by atoms with Crippen molar-refractivity contribution in [3.63, 3.8) is 0 Å². The van der Waals surface area contributed by atoms with Gasteiger partial charge in [0, 0.05) is 18.9 Å². The Kier molecular flexibility index (Phi) is 4.88. The minimum Gasteiger partial charge on any atom is -0.331 e. The Balaban J connectivity index is 1.87. The Morgan fingerprint density at radius 2 is 2.00 bits per heavy atom. The molecular formula is C19H19FN4O. The van der Waals surface area contributed by atoms with Crippen molar-refractivity contribution in [3.8, 4) is 5.82 Å².